The van der Waals surface area contributed by atoms with E-state index in [0.717, 1.165) is 18.4 Å². The molecule has 0 amide bonds. The van der Waals surface area contributed by atoms with Crippen molar-refractivity contribution in [1.29, 1.82) is 0 Å². The van der Waals surface area contributed by atoms with Gasteiger partial charge in [-0.05, 0) is 37.2 Å². The quantitative estimate of drug-likeness (QED) is 0.746. The zero-order valence-corrected chi connectivity index (χ0v) is 13.8. The first-order chi connectivity index (χ1) is 11.0. The maximum Gasteiger partial charge on any atom is 0.322 e. The topological polar surface area (TPSA) is 92.7 Å². The lowest BCUT2D eigenvalue weighted by molar-refractivity contribution is -0.138. The molecule has 1 aliphatic heterocycles. The van der Waals surface area contributed by atoms with Crippen molar-refractivity contribution >= 4 is 16.0 Å². The fourth-order valence-corrected chi connectivity index (χ4v) is 4.04. The molecule has 0 radical (unpaired) electrons. The average Bonchev–Trinajstić information content (AvgIpc) is 2.54. The molecule has 6 nitrogen and oxygen atoms in total. The van der Waals surface area contributed by atoms with Gasteiger partial charge < -0.3 is 9.84 Å². The zero-order valence-electron chi connectivity index (χ0n) is 13.0. The van der Waals surface area contributed by atoms with Crippen molar-refractivity contribution in [2.45, 2.75) is 31.7 Å². The number of ether oxygens (including phenoxy) is 1. The van der Waals surface area contributed by atoms with Crippen LogP contribution in [0.2, 0.25) is 0 Å². The summed E-state index contributed by atoms with van der Waals surface area (Å²) in [6, 6.07) is 7.86. The highest BCUT2D eigenvalue weighted by Crippen LogP contribution is 2.19. The molecule has 1 aromatic carbocycles. The molecule has 128 valence electrons. The van der Waals surface area contributed by atoms with Gasteiger partial charge in [0.05, 0.1) is 5.75 Å². The summed E-state index contributed by atoms with van der Waals surface area (Å²) < 4.78 is 31.9. The highest BCUT2D eigenvalue weighted by Gasteiger charge is 2.25. The zero-order chi connectivity index (χ0) is 16.7. The van der Waals surface area contributed by atoms with E-state index in [4.69, 9.17) is 4.74 Å². The third-order valence-electron chi connectivity index (χ3n) is 4.04. The fraction of sp³-hybridized carbons (Fsp3) is 0.562. The molecule has 0 saturated carbocycles. The van der Waals surface area contributed by atoms with E-state index in [1.54, 1.807) is 24.3 Å². The van der Waals surface area contributed by atoms with Crippen molar-refractivity contribution in [1.82, 2.24) is 4.72 Å². The van der Waals surface area contributed by atoms with Crippen LogP contribution < -0.4 is 4.72 Å². The second kappa shape index (κ2) is 8.42. The largest absolute Gasteiger partial charge is 0.480 e. The number of aliphatic carboxylic acids is 1. The molecule has 1 saturated heterocycles. The number of benzene rings is 1. The summed E-state index contributed by atoms with van der Waals surface area (Å²) in [5, 5.41) is 9.27. The van der Waals surface area contributed by atoms with Crippen molar-refractivity contribution in [3.8, 4) is 0 Å². The number of hydrogen-bond donors (Lipinski definition) is 2. The second-order valence-corrected chi connectivity index (χ2v) is 7.74. The van der Waals surface area contributed by atoms with Crippen molar-refractivity contribution in [3.05, 3.63) is 35.9 Å². The smallest absolute Gasteiger partial charge is 0.322 e. The minimum Gasteiger partial charge on any atom is -0.480 e. The van der Waals surface area contributed by atoms with Crippen LogP contribution in [-0.4, -0.2) is 44.5 Å². The van der Waals surface area contributed by atoms with Gasteiger partial charge in [-0.25, -0.2) is 13.1 Å². The van der Waals surface area contributed by atoms with Crippen molar-refractivity contribution in [3.63, 3.8) is 0 Å². The fourth-order valence-electron chi connectivity index (χ4n) is 2.66. The Bertz CT molecular complexity index is 596. The number of carbonyl (C=O) groups is 1. The van der Waals surface area contributed by atoms with Crippen molar-refractivity contribution < 1.29 is 23.1 Å². The number of sulfonamides is 1. The van der Waals surface area contributed by atoms with Gasteiger partial charge in [0.25, 0.3) is 0 Å². The van der Waals surface area contributed by atoms with Gasteiger partial charge in [-0.1, -0.05) is 30.3 Å². The Morgan fingerprint density at radius 1 is 1.26 bits per heavy atom. The molecule has 7 heteroatoms. The average molecular weight is 341 g/mol. The van der Waals surface area contributed by atoms with E-state index in [2.05, 4.69) is 4.72 Å². The Morgan fingerprint density at radius 3 is 2.52 bits per heavy atom. The molecule has 0 aliphatic carbocycles. The van der Waals surface area contributed by atoms with Crippen LogP contribution in [0.25, 0.3) is 0 Å². The number of hydrogen-bond acceptors (Lipinski definition) is 4. The molecule has 1 aliphatic rings. The van der Waals surface area contributed by atoms with Crippen LogP contribution in [0.1, 0.15) is 24.8 Å². The summed E-state index contributed by atoms with van der Waals surface area (Å²) in [6.07, 6.45) is 2.40. The Morgan fingerprint density at radius 2 is 1.91 bits per heavy atom. The first-order valence-corrected chi connectivity index (χ1v) is 9.46. The van der Waals surface area contributed by atoms with Gasteiger partial charge in [0.15, 0.2) is 0 Å². The van der Waals surface area contributed by atoms with E-state index in [-0.39, 0.29) is 12.2 Å². The lowest BCUT2D eigenvalue weighted by Crippen LogP contribution is -2.43. The van der Waals surface area contributed by atoms with Gasteiger partial charge in [-0.3, -0.25) is 4.79 Å². The summed E-state index contributed by atoms with van der Waals surface area (Å²) in [5.41, 5.74) is 0.784. The summed E-state index contributed by atoms with van der Waals surface area (Å²) >= 11 is 0. The molecular formula is C16H23NO5S. The Labute approximate surface area is 136 Å². The summed E-state index contributed by atoms with van der Waals surface area (Å²) in [6.45, 7) is 1.34. The molecule has 1 heterocycles. The summed E-state index contributed by atoms with van der Waals surface area (Å²) in [4.78, 5) is 11.3. The second-order valence-electron chi connectivity index (χ2n) is 5.86. The van der Waals surface area contributed by atoms with E-state index >= 15 is 0 Å². The lowest BCUT2D eigenvalue weighted by atomic mass is 9.98. The Kier molecular flexibility index (Phi) is 6.56. The van der Waals surface area contributed by atoms with Crippen LogP contribution in [0.4, 0.5) is 0 Å². The highest BCUT2D eigenvalue weighted by atomic mass is 32.2. The van der Waals surface area contributed by atoms with Crippen molar-refractivity contribution in [2.24, 2.45) is 5.92 Å². The maximum absolute atomic E-state index is 12.2. The molecule has 0 unspecified atom stereocenters. The van der Waals surface area contributed by atoms with Gasteiger partial charge in [-0.2, -0.15) is 0 Å². The van der Waals surface area contributed by atoms with Gasteiger partial charge in [0.2, 0.25) is 10.0 Å². The van der Waals surface area contributed by atoms with Gasteiger partial charge in [0, 0.05) is 13.2 Å². The number of rotatable bonds is 8. The molecule has 0 aromatic heterocycles. The lowest BCUT2D eigenvalue weighted by Gasteiger charge is -2.22. The van der Waals surface area contributed by atoms with E-state index < -0.39 is 22.0 Å². The van der Waals surface area contributed by atoms with Crippen LogP contribution in [0.5, 0.6) is 0 Å². The molecule has 2 N–H and O–H groups in total. The Balaban J connectivity index is 1.90. The first-order valence-electron chi connectivity index (χ1n) is 7.81. The van der Waals surface area contributed by atoms with E-state index in [0.29, 0.717) is 25.6 Å². The molecule has 0 bridgehead atoms. The van der Waals surface area contributed by atoms with Crippen LogP contribution in [-0.2, 0) is 26.0 Å². The standard InChI is InChI=1S/C16H23NO5S/c18-16(19)15(12-14-4-2-1-3-5-14)17-23(20,21)11-8-13-6-9-22-10-7-13/h1-5,13,15,17H,6-12H2,(H,18,19)/t15-/m0/s1. The van der Waals surface area contributed by atoms with Gasteiger partial charge in [-0.15, -0.1) is 0 Å². The normalized spacial score (nSPS) is 17.7. The third-order valence-corrected chi connectivity index (χ3v) is 5.46. The molecule has 1 fully saturated rings. The molecule has 2 rings (SSSR count). The van der Waals surface area contributed by atoms with E-state index in [1.807, 2.05) is 6.07 Å². The van der Waals surface area contributed by atoms with E-state index in [9.17, 15) is 18.3 Å². The minimum atomic E-state index is -3.62. The third kappa shape index (κ3) is 6.29. The van der Waals surface area contributed by atoms with Gasteiger partial charge in [0.1, 0.15) is 6.04 Å². The van der Waals surface area contributed by atoms with Crippen LogP contribution >= 0.6 is 0 Å². The molecule has 23 heavy (non-hydrogen) atoms. The monoisotopic (exact) mass is 341 g/mol. The molecule has 1 aromatic rings. The van der Waals surface area contributed by atoms with Crippen LogP contribution in [0.15, 0.2) is 30.3 Å². The van der Waals surface area contributed by atoms with Crippen molar-refractivity contribution in [2.75, 3.05) is 19.0 Å². The van der Waals surface area contributed by atoms with Crippen LogP contribution in [0.3, 0.4) is 0 Å². The van der Waals surface area contributed by atoms with E-state index in [1.165, 1.54) is 0 Å². The van der Waals surface area contributed by atoms with Crippen LogP contribution in [0, 0.1) is 5.92 Å². The Hall–Kier alpha value is -1.44. The number of carboxylic acids is 1. The predicted molar refractivity (Wildman–Crippen MR) is 86.7 cm³/mol. The minimum absolute atomic E-state index is 0.0454. The summed E-state index contributed by atoms with van der Waals surface area (Å²) in [5.74, 6) is -0.878. The first kappa shape index (κ1) is 17.9. The van der Waals surface area contributed by atoms with Gasteiger partial charge >= 0.3 is 5.97 Å². The molecule has 0 spiro atoms. The number of carboxylic acid groups (broad SMARTS) is 1. The number of nitrogens with one attached hydrogen (secondary N) is 1. The molecule has 1 atom stereocenters. The predicted octanol–water partition coefficient (Wildman–Crippen LogP) is 1.42. The SMILES string of the molecule is O=C(O)[C@H](Cc1ccccc1)NS(=O)(=O)CCC1CCOCC1. The maximum atomic E-state index is 12.2. The summed E-state index contributed by atoms with van der Waals surface area (Å²) in [7, 11) is -3.62. The highest BCUT2D eigenvalue weighted by molar-refractivity contribution is 7.89. The molecular weight excluding hydrogens is 318 g/mol.